The average Bonchev–Trinajstić information content (AvgIpc) is 3.34. The molecule has 1 fully saturated rings. The molecule has 0 atom stereocenters. The molecule has 9 nitrogen and oxygen atoms in total. The first-order chi connectivity index (χ1) is 16.4. The van der Waals surface area contributed by atoms with Crippen molar-refractivity contribution in [1.29, 1.82) is 0 Å². The minimum absolute atomic E-state index is 0.125. The lowest BCUT2D eigenvalue weighted by molar-refractivity contribution is -0.384. The fourth-order valence-corrected chi connectivity index (χ4v) is 3.93. The van der Waals surface area contributed by atoms with Crippen molar-refractivity contribution in [3.8, 4) is 11.3 Å². The number of piperazine rings is 1. The van der Waals surface area contributed by atoms with Crippen LogP contribution in [0.3, 0.4) is 0 Å². The number of nitro groups is 1. The zero-order valence-electron chi connectivity index (χ0n) is 18.4. The second-order valence-electron chi connectivity index (χ2n) is 7.63. The third kappa shape index (κ3) is 4.89. The van der Waals surface area contributed by atoms with Crippen LogP contribution >= 0.6 is 11.6 Å². The molecule has 0 aliphatic carbocycles. The maximum Gasteiger partial charge on any atom is 0.338 e. The molecule has 176 valence electrons. The molecule has 10 heteroatoms. The lowest BCUT2D eigenvalue weighted by Gasteiger charge is -2.35. The predicted molar refractivity (Wildman–Crippen MR) is 126 cm³/mol. The lowest BCUT2D eigenvalue weighted by atomic mass is 10.1. The van der Waals surface area contributed by atoms with Gasteiger partial charge in [-0.1, -0.05) is 11.6 Å². The van der Waals surface area contributed by atoms with Crippen molar-refractivity contribution in [2.24, 2.45) is 0 Å². The minimum Gasteiger partial charge on any atom is -0.462 e. The average molecular weight is 484 g/mol. The van der Waals surface area contributed by atoms with Crippen molar-refractivity contribution in [3.05, 3.63) is 81.1 Å². The molecule has 4 rings (SSSR count). The SMILES string of the molecule is CCOC(=O)c1ccc(N2CCN(C(=O)c3ccc(-c4ccc(Cl)cc4)o3)CC2)c([N+](=O)[O-])c1. The van der Waals surface area contributed by atoms with Gasteiger partial charge in [-0.2, -0.15) is 0 Å². The Bertz CT molecular complexity index is 1220. The Hall–Kier alpha value is -3.85. The molecule has 34 heavy (non-hydrogen) atoms. The van der Waals surface area contributed by atoms with E-state index in [-0.39, 0.29) is 29.5 Å². The summed E-state index contributed by atoms with van der Waals surface area (Å²) in [5, 5.41) is 12.2. The third-order valence-corrected chi connectivity index (χ3v) is 5.79. The van der Waals surface area contributed by atoms with E-state index in [1.807, 2.05) is 17.0 Å². The summed E-state index contributed by atoms with van der Waals surface area (Å²) >= 11 is 5.92. The molecule has 2 heterocycles. The number of amides is 1. The molecule has 0 saturated carbocycles. The van der Waals surface area contributed by atoms with Crippen LogP contribution in [0.5, 0.6) is 0 Å². The Kier molecular flexibility index (Phi) is 6.83. The molecule has 0 N–H and O–H groups in total. The highest BCUT2D eigenvalue weighted by Gasteiger charge is 2.28. The van der Waals surface area contributed by atoms with Crippen molar-refractivity contribution in [1.82, 2.24) is 4.90 Å². The molecule has 0 spiro atoms. The molecular weight excluding hydrogens is 462 g/mol. The van der Waals surface area contributed by atoms with Gasteiger partial charge in [-0.15, -0.1) is 0 Å². The highest BCUT2D eigenvalue weighted by Crippen LogP contribution is 2.31. The van der Waals surface area contributed by atoms with Gasteiger partial charge in [0, 0.05) is 42.8 Å². The molecule has 1 aromatic heterocycles. The van der Waals surface area contributed by atoms with E-state index in [0.29, 0.717) is 42.6 Å². The fraction of sp³-hybridized carbons (Fsp3) is 0.250. The minimum atomic E-state index is -0.607. The van der Waals surface area contributed by atoms with Crippen molar-refractivity contribution in [2.45, 2.75) is 6.92 Å². The number of ether oxygens (including phenoxy) is 1. The number of nitrogens with zero attached hydrogens (tertiary/aromatic N) is 3. The number of anilines is 1. The summed E-state index contributed by atoms with van der Waals surface area (Å²) < 4.78 is 10.7. The molecule has 0 unspecified atom stereocenters. The number of hydrogen-bond acceptors (Lipinski definition) is 7. The van der Waals surface area contributed by atoms with Gasteiger partial charge in [0.05, 0.1) is 17.1 Å². The van der Waals surface area contributed by atoms with Crippen molar-refractivity contribution in [3.63, 3.8) is 0 Å². The van der Waals surface area contributed by atoms with E-state index in [1.54, 1.807) is 42.2 Å². The smallest absolute Gasteiger partial charge is 0.338 e. The van der Waals surface area contributed by atoms with Crippen LogP contribution < -0.4 is 4.90 Å². The molecule has 1 aliphatic heterocycles. The van der Waals surface area contributed by atoms with Crippen LogP contribution in [0.1, 0.15) is 27.8 Å². The Morgan fingerprint density at radius 1 is 1.06 bits per heavy atom. The van der Waals surface area contributed by atoms with Gasteiger partial charge in [-0.3, -0.25) is 14.9 Å². The number of rotatable bonds is 6. The summed E-state index contributed by atoms with van der Waals surface area (Å²) in [7, 11) is 0. The fourth-order valence-electron chi connectivity index (χ4n) is 3.81. The number of halogens is 1. The summed E-state index contributed by atoms with van der Waals surface area (Å²) in [6.45, 7) is 3.38. The monoisotopic (exact) mass is 483 g/mol. The number of benzene rings is 2. The maximum atomic E-state index is 12.9. The van der Waals surface area contributed by atoms with Crippen molar-refractivity contribution in [2.75, 3.05) is 37.7 Å². The van der Waals surface area contributed by atoms with Gasteiger partial charge < -0.3 is 19.0 Å². The van der Waals surface area contributed by atoms with E-state index in [1.165, 1.54) is 12.1 Å². The van der Waals surface area contributed by atoms with E-state index in [2.05, 4.69) is 0 Å². The highest BCUT2D eigenvalue weighted by molar-refractivity contribution is 6.30. The Labute approximate surface area is 200 Å². The normalized spacial score (nSPS) is 13.6. The van der Waals surface area contributed by atoms with Gasteiger partial charge in [0.1, 0.15) is 11.4 Å². The molecule has 0 radical (unpaired) electrons. The lowest BCUT2D eigenvalue weighted by Crippen LogP contribution is -2.48. The molecule has 1 aliphatic rings. The van der Waals surface area contributed by atoms with Crippen LogP contribution in [0.4, 0.5) is 11.4 Å². The highest BCUT2D eigenvalue weighted by atomic mass is 35.5. The zero-order valence-corrected chi connectivity index (χ0v) is 19.2. The summed E-state index contributed by atoms with van der Waals surface area (Å²) in [6, 6.07) is 14.8. The van der Waals surface area contributed by atoms with Gasteiger partial charge >= 0.3 is 5.97 Å². The van der Waals surface area contributed by atoms with E-state index in [0.717, 1.165) is 5.56 Å². The molecule has 2 aromatic carbocycles. The number of furan rings is 1. The largest absolute Gasteiger partial charge is 0.462 e. The van der Waals surface area contributed by atoms with Crippen LogP contribution in [0, 0.1) is 10.1 Å². The molecule has 0 bridgehead atoms. The number of nitro benzene ring substituents is 1. The summed E-state index contributed by atoms with van der Waals surface area (Å²) in [4.78, 5) is 39.5. The Morgan fingerprint density at radius 2 is 1.76 bits per heavy atom. The first-order valence-electron chi connectivity index (χ1n) is 10.7. The Balaban J connectivity index is 1.44. The summed E-state index contributed by atoms with van der Waals surface area (Å²) in [6.07, 6.45) is 0. The molecule has 1 saturated heterocycles. The number of hydrogen-bond donors (Lipinski definition) is 0. The van der Waals surface area contributed by atoms with Gasteiger partial charge in [-0.25, -0.2) is 4.79 Å². The second kappa shape index (κ2) is 9.96. The van der Waals surface area contributed by atoms with Gasteiger partial charge in [0.25, 0.3) is 11.6 Å². The Morgan fingerprint density at radius 3 is 2.41 bits per heavy atom. The van der Waals surface area contributed by atoms with Gasteiger partial charge in [-0.05, 0) is 55.5 Å². The first-order valence-corrected chi connectivity index (χ1v) is 11.1. The van der Waals surface area contributed by atoms with Crippen molar-refractivity contribution < 1.29 is 23.7 Å². The van der Waals surface area contributed by atoms with E-state index >= 15 is 0 Å². The van der Waals surface area contributed by atoms with Crippen LogP contribution in [-0.4, -0.2) is 54.5 Å². The standard InChI is InChI=1S/C24H22ClN3O6/c1-2-33-24(30)17-5-8-19(20(15-17)28(31)32)26-11-13-27(14-12-26)23(29)22-10-9-21(34-22)16-3-6-18(25)7-4-16/h3-10,15H,2,11-14H2,1H3. The quantitative estimate of drug-likeness (QED) is 0.285. The molecular formula is C24H22ClN3O6. The summed E-state index contributed by atoms with van der Waals surface area (Å²) in [5.74, 6) is -0.0601. The van der Waals surface area contributed by atoms with E-state index in [4.69, 9.17) is 20.8 Å². The van der Waals surface area contributed by atoms with E-state index < -0.39 is 10.9 Å². The summed E-state index contributed by atoms with van der Waals surface area (Å²) in [5.41, 5.74) is 1.16. The van der Waals surface area contributed by atoms with Crippen LogP contribution in [0.25, 0.3) is 11.3 Å². The maximum absolute atomic E-state index is 12.9. The second-order valence-corrected chi connectivity index (χ2v) is 8.07. The predicted octanol–water partition coefficient (Wildman–Crippen LogP) is 4.65. The molecule has 1 amide bonds. The zero-order chi connectivity index (χ0) is 24.2. The topological polar surface area (TPSA) is 106 Å². The first kappa shape index (κ1) is 23.3. The number of esters is 1. The van der Waals surface area contributed by atoms with Crippen LogP contribution in [-0.2, 0) is 4.74 Å². The van der Waals surface area contributed by atoms with Crippen LogP contribution in [0.2, 0.25) is 5.02 Å². The van der Waals surface area contributed by atoms with Gasteiger partial charge in [0.15, 0.2) is 5.76 Å². The van der Waals surface area contributed by atoms with Crippen molar-refractivity contribution >= 4 is 34.9 Å². The molecule has 3 aromatic rings. The number of carbonyl (C=O) groups excluding carboxylic acids is 2. The van der Waals surface area contributed by atoms with E-state index in [9.17, 15) is 19.7 Å². The third-order valence-electron chi connectivity index (χ3n) is 5.54. The van der Waals surface area contributed by atoms with Crippen LogP contribution in [0.15, 0.2) is 59.0 Å². The van der Waals surface area contributed by atoms with Gasteiger partial charge in [0.2, 0.25) is 0 Å². The number of carbonyl (C=O) groups is 2.